The number of pyridine rings is 1. The van der Waals surface area contributed by atoms with Gasteiger partial charge >= 0.3 is 0 Å². The van der Waals surface area contributed by atoms with Crippen LogP contribution in [0.5, 0.6) is 5.88 Å². The van der Waals surface area contributed by atoms with Crippen LogP contribution in [0, 0.1) is 23.2 Å². The molecule has 37 heavy (non-hydrogen) atoms. The molecule has 2 aromatic rings. The van der Waals surface area contributed by atoms with E-state index in [1.807, 2.05) is 13.0 Å². The summed E-state index contributed by atoms with van der Waals surface area (Å²) in [4.78, 5) is 34.6. The molecule has 2 amide bonds. The molecular weight excluding hydrogens is 472 g/mol. The zero-order valence-corrected chi connectivity index (χ0v) is 21.6. The number of nitriles is 1. The smallest absolute Gasteiger partial charge is 0.259 e. The molecule has 0 saturated carbocycles. The minimum absolute atomic E-state index is 0.0627. The van der Waals surface area contributed by atoms with E-state index in [4.69, 9.17) is 9.47 Å². The molecule has 1 aromatic heterocycles. The lowest BCUT2D eigenvalue weighted by molar-refractivity contribution is -0.138. The lowest BCUT2D eigenvalue weighted by Crippen LogP contribution is -2.51. The topological polar surface area (TPSA) is 116 Å². The highest BCUT2D eigenvalue weighted by molar-refractivity contribution is 5.98. The highest BCUT2D eigenvalue weighted by atomic mass is 16.5. The molecule has 4 rings (SSSR count). The van der Waals surface area contributed by atoms with Gasteiger partial charge in [0.15, 0.2) is 0 Å². The van der Waals surface area contributed by atoms with Crippen molar-refractivity contribution in [2.24, 2.45) is 11.8 Å². The lowest BCUT2D eigenvalue weighted by atomic mass is 9.96. The third kappa shape index (κ3) is 5.92. The third-order valence-electron chi connectivity index (χ3n) is 7.25. The summed E-state index contributed by atoms with van der Waals surface area (Å²) < 4.78 is 11.7. The minimum Gasteiger partial charge on any atom is -0.472 e. The molecular formula is C28H34N4O5. The number of carbonyl (C=O) groups excluding carboxylic acids is 2. The van der Waals surface area contributed by atoms with E-state index in [1.165, 1.54) is 0 Å². The van der Waals surface area contributed by atoms with Crippen molar-refractivity contribution in [3.63, 3.8) is 0 Å². The Labute approximate surface area is 217 Å². The van der Waals surface area contributed by atoms with Gasteiger partial charge in [0.25, 0.3) is 5.91 Å². The highest BCUT2D eigenvalue weighted by Crippen LogP contribution is 2.31. The molecule has 2 aliphatic rings. The molecule has 1 saturated heterocycles. The van der Waals surface area contributed by atoms with Crippen LogP contribution in [-0.2, 0) is 9.53 Å². The van der Waals surface area contributed by atoms with Gasteiger partial charge in [-0.2, -0.15) is 5.26 Å². The van der Waals surface area contributed by atoms with Crippen LogP contribution in [-0.4, -0.2) is 83.8 Å². The number of amides is 2. The van der Waals surface area contributed by atoms with Gasteiger partial charge in [0.05, 0.1) is 30.8 Å². The van der Waals surface area contributed by atoms with E-state index >= 15 is 0 Å². The monoisotopic (exact) mass is 506 g/mol. The number of likely N-dealkylation sites (N-methyl/N-ethyl adjacent to an activating group) is 1. The number of fused-ring (bicyclic) bond motifs is 1. The molecule has 2 aliphatic heterocycles. The molecule has 0 spiro atoms. The second kappa shape index (κ2) is 11.7. The largest absolute Gasteiger partial charge is 0.472 e. The molecule has 0 radical (unpaired) electrons. The first-order valence-electron chi connectivity index (χ1n) is 12.7. The van der Waals surface area contributed by atoms with Crippen LogP contribution >= 0.6 is 0 Å². The van der Waals surface area contributed by atoms with Crippen LogP contribution in [0.15, 0.2) is 36.5 Å². The first-order chi connectivity index (χ1) is 17.8. The lowest BCUT2D eigenvalue weighted by Gasteiger charge is -2.38. The summed E-state index contributed by atoms with van der Waals surface area (Å²) in [5.74, 6) is -0.196. The summed E-state index contributed by atoms with van der Waals surface area (Å²) in [6, 6.07) is 10.5. The molecule has 3 heterocycles. The number of benzene rings is 1. The van der Waals surface area contributed by atoms with Gasteiger partial charge in [-0.15, -0.1) is 0 Å². The van der Waals surface area contributed by atoms with E-state index in [9.17, 15) is 20.0 Å². The molecule has 1 N–H and O–H groups in total. The molecule has 9 heteroatoms. The Morgan fingerprint density at radius 3 is 2.76 bits per heavy atom. The number of hydrogen-bond acceptors (Lipinski definition) is 7. The van der Waals surface area contributed by atoms with E-state index in [2.05, 4.69) is 11.1 Å². The van der Waals surface area contributed by atoms with Crippen LogP contribution in [0.25, 0.3) is 11.1 Å². The van der Waals surface area contributed by atoms with Crippen molar-refractivity contribution in [1.29, 1.82) is 5.26 Å². The summed E-state index contributed by atoms with van der Waals surface area (Å²) >= 11 is 0. The summed E-state index contributed by atoms with van der Waals surface area (Å²) in [6.45, 7) is 5.49. The van der Waals surface area contributed by atoms with Gasteiger partial charge in [-0.05, 0) is 43.5 Å². The van der Waals surface area contributed by atoms with Crippen molar-refractivity contribution in [3.8, 4) is 23.1 Å². The Morgan fingerprint density at radius 1 is 1.30 bits per heavy atom. The van der Waals surface area contributed by atoms with Gasteiger partial charge in [-0.1, -0.05) is 19.1 Å². The van der Waals surface area contributed by atoms with Gasteiger partial charge in [0.2, 0.25) is 11.8 Å². The van der Waals surface area contributed by atoms with Gasteiger partial charge in [-0.25, -0.2) is 4.98 Å². The van der Waals surface area contributed by atoms with E-state index in [0.29, 0.717) is 50.3 Å². The normalized spacial score (nSPS) is 21.2. The third-order valence-corrected chi connectivity index (χ3v) is 7.25. The fraction of sp³-hybridized carbons (Fsp3) is 0.500. The predicted octanol–water partition coefficient (Wildman–Crippen LogP) is 2.73. The number of nitrogens with zero attached hydrogens (tertiary/aromatic N) is 4. The Morgan fingerprint density at radius 2 is 2.05 bits per heavy atom. The zero-order valence-electron chi connectivity index (χ0n) is 21.6. The van der Waals surface area contributed by atoms with Gasteiger partial charge in [-0.3, -0.25) is 9.59 Å². The summed E-state index contributed by atoms with van der Waals surface area (Å²) in [5.41, 5.74) is 2.24. The highest BCUT2D eigenvalue weighted by Gasteiger charge is 2.35. The maximum Gasteiger partial charge on any atom is 0.259 e. The van der Waals surface area contributed by atoms with Crippen LogP contribution in [0.3, 0.4) is 0 Å². The van der Waals surface area contributed by atoms with E-state index in [-0.39, 0.29) is 41.7 Å². The number of carbonyl (C=O) groups is 2. The summed E-state index contributed by atoms with van der Waals surface area (Å²) in [5, 5.41) is 19.2. The zero-order chi connectivity index (χ0) is 26.5. The van der Waals surface area contributed by atoms with Crippen molar-refractivity contribution >= 4 is 11.8 Å². The molecule has 196 valence electrons. The molecule has 0 bridgehead atoms. The van der Waals surface area contributed by atoms with E-state index in [0.717, 1.165) is 5.56 Å². The van der Waals surface area contributed by atoms with Crippen LogP contribution in [0.4, 0.5) is 0 Å². The van der Waals surface area contributed by atoms with Gasteiger partial charge in [0.1, 0.15) is 11.7 Å². The van der Waals surface area contributed by atoms with Crippen molar-refractivity contribution in [2.75, 3.05) is 40.0 Å². The molecule has 0 unspecified atom stereocenters. The fourth-order valence-electron chi connectivity index (χ4n) is 4.86. The molecule has 1 fully saturated rings. The number of hydrogen-bond donors (Lipinski definition) is 1. The fourth-order valence-corrected chi connectivity index (χ4v) is 4.86. The Hall–Kier alpha value is -3.48. The maximum absolute atomic E-state index is 13.7. The van der Waals surface area contributed by atoms with Crippen molar-refractivity contribution in [2.45, 2.75) is 38.8 Å². The Kier molecular flexibility index (Phi) is 8.41. The number of aromatic nitrogens is 1. The first-order valence-corrected chi connectivity index (χ1v) is 12.7. The Balaban J connectivity index is 1.66. The minimum atomic E-state index is -0.409. The number of aliphatic hydroxyl groups excluding tert-OH is 1. The molecule has 1 aromatic carbocycles. The summed E-state index contributed by atoms with van der Waals surface area (Å²) in [6.07, 6.45) is 2.64. The van der Waals surface area contributed by atoms with Crippen LogP contribution < -0.4 is 4.74 Å². The second-order valence-corrected chi connectivity index (χ2v) is 10.00. The van der Waals surface area contributed by atoms with Gasteiger partial charge in [0, 0.05) is 50.4 Å². The SMILES string of the molecule is C[C@H]1CN([C@@H](C)CO)C(=O)c2cc(-c3cccc(C#N)c3)cnc2O[C@@H]1CN(C)C(=O)C1CCOCC1. The van der Waals surface area contributed by atoms with E-state index in [1.54, 1.807) is 54.2 Å². The van der Waals surface area contributed by atoms with Crippen molar-refractivity contribution < 1.29 is 24.2 Å². The second-order valence-electron chi connectivity index (χ2n) is 10.00. The first kappa shape index (κ1) is 26.6. The summed E-state index contributed by atoms with van der Waals surface area (Å²) in [7, 11) is 1.78. The Bertz CT molecular complexity index is 1170. The molecule has 9 nitrogen and oxygen atoms in total. The number of aliphatic hydroxyl groups is 1. The average Bonchev–Trinajstić information content (AvgIpc) is 2.94. The number of rotatable bonds is 6. The maximum atomic E-state index is 13.7. The average molecular weight is 507 g/mol. The van der Waals surface area contributed by atoms with Crippen molar-refractivity contribution in [3.05, 3.63) is 47.7 Å². The molecule has 0 aliphatic carbocycles. The standard InChI is InChI=1S/C28H34N4O5/c1-18-15-32(19(2)17-33)28(35)24-12-23(22-6-4-5-20(11-22)13-29)14-30-26(24)37-25(18)16-31(3)27(34)21-7-9-36-10-8-21/h4-6,11-12,14,18-19,21,25,33H,7-10,15-17H2,1-3H3/t18-,19-,25+/m0/s1. The van der Waals surface area contributed by atoms with Gasteiger partial charge < -0.3 is 24.4 Å². The number of ether oxygens (including phenoxy) is 2. The van der Waals surface area contributed by atoms with Crippen LogP contribution in [0.1, 0.15) is 42.6 Å². The van der Waals surface area contributed by atoms with Crippen molar-refractivity contribution in [1.82, 2.24) is 14.8 Å². The quantitative estimate of drug-likeness (QED) is 0.640. The molecule has 3 atom stereocenters. The van der Waals surface area contributed by atoms with Crippen LogP contribution in [0.2, 0.25) is 0 Å². The van der Waals surface area contributed by atoms with E-state index < -0.39 is 12.1 Å². The predicted molar refractivity (Wildman–Crippen MR) is 137 cm³/mol.